The largest absolute Gasteiger partial charge is 0.306 e. The van der Waals surface area contributed by atoms with Crippen LogP contribution in [0.15, 0.2) is 132 Å². The number of anilines is 4. The fourth-order valence-corrected chi connectivity index (χ4v) is 4.78. The number of nitrogen functional groups attached to an aromatic ring is 2. The van der Waals surface area contributed by atoms with E-state index in [9.17, 15) is 4.79 Å². The van der Waals surface area contributed by atoms with Crippen molar-refractivity contribution in [3.63, 3.8) is 0 Å². The van der Waals surface area contributed by atoms with E-state index in [1.165, 1.54) is 20.8 Å². The highest BCUT2D eigenvalue weighted by Crippen LogP contribution is 2.21. The molecule has 18 nitrogen and oxygen atoms in total. The average molecular weight is 841 g/mol. The monoisotopic (exact) mass is 840 g/mol. The second-order valence-corrected chi connectivity index (χ2v) is 12.2. The van der Waals surface area contributed by atoms with Crippen LogP contribution in [0, 0.1) is 0 Å². The summed E-state index contributed by atoms with van der Waals surface area (Å²) in [6.45, 7) is 10.2. The number of rotatable bonds is 6. The average Bonchev–Trinajstić information content (AvgIpc) is 3.28. The molecule has 62 heavy (non-hydrogen) atoms. The molecule has 0 saturated carbocycles. The summed E-state index contributed by atoms with van der Waals surface area (Å²) < 4.78 is 0. The molecule has 0 aliphatic rings. The smallest absolute Gasteiger partial charge is 0.176 e. The van der Waals surface area contributed by atoms with Crippen molar-refractivity contribution in [1.29, 1.82) is 0 Å². The van der Waals surface area contributed by atoms with Gasteiger partial charge in [-0.1, -0.05) is 112 Å². The lowest BCUT2D eigenvalue weighted by molar-refractivity contribution is -0.115. The Labute approximate surface area is 361 Å². The topological polar surface area (TPSA) is 262 Å². The van der Waals surface area contributed by atoms with Crippen LogP contribution < -0.4 is 33.4 Å². The number of nitrogens with zero attached hydrogens (tertiary/aromatic N) is 10. The number of nitrogens with one attached hydrogen (secondary N) is 4. The normalized spacial score (nSPS) is 9.42. The van der Waals surface area contributed by atoms with Crippen LogP contribution in [-0.2, 0) is 9.59 Å². The molecule has 8 aromatic rings. The number of Topliss-reactive ketones (excluding diaryl/α,β-unsaturated/α-hetero) is 1. The van der Waals surface area contributed by atoms with Gasteiger partial charge in [0.1, 0.15) is 12.1 Å². The molecule has 18 heteroatoms. The van der Waals surface area contributed by atoms with Crippen molar-refractivity contribution in [3.8, 4) is 0 Å². The maximum Gasteiger partial charge on any atom is 0.176 e. The van der Waals surface area contributed by atoms with Gasteiger partial charge in [0.25, 0.3) is 0 Å². The second-order valence-electron chi connectivity index (χ2n) is 12.2. The first-order valence-corrected chi connectivity index (χ1v) is 18.3. The van der Waals surface area contributed by atoms with Gasteiger partial charge in [0.15, 0.2) is 23.3 Å². The first kappa shape index (κ1) is 52.1. The molecule has 8 N–H and O–H groups in total. The lowest BCUT2D eigenvalue weighted by Crippen LogP contribution is -2.09. The van der Waals surface area contributed by atoms with Crippen LogP contribution in [0.4, 0.5) is 23.3 Å². The Morgan fingerprint density at radius 2 is 0.790 bits per heavy atom. The third kappa shape index (κ3) is 17.1. The summed E-state index contributed by atoms with van der Waals surface area (Å²) in [5, 5.41) is 47.2. The fraction of sp³-hybridized carbons (Fsp3) is 0.182. The van der Waals surface area contributed by atoms with E-state index < -0.39 is 0 Å². The number of carbonyl (C=O) groups excluding carboxylic acids is 2. The van der Waals surface area contributed by atoms with Crippen LogP contribution in [0.2, 0.25) is 0 Å². The van der Waals surface area contributed by atoms with Crippen LogP contribution >= 0.6 is 0 Å². The van der Waals surface area contributed by atoms with Gasteiger partial charge in [-0.2, -0.15) is 30.6 Å². The number of fused-ring (bicyclic) bond motifs is 4. The van der Waals surface area contributed by atoms with Gasteiger partial charge >= 0.3 is 0 Å². The Balaban J connectivity index is 0.000000390. The number of ketones is 1. The second kappa shape index (κ2) is 29.3. The number of hydrogen-bond donors (Lipinski definition) is 6. The van der Waals surface area contributed by atoms with Crippen LogP contribution in [0.25, 0.3) is 43.1 Å². The Morgan fingerprint density at radius 3 is 1.08 bits per heavy atom. The highest BCUT2D eigenvalue weighted by molar-refractivity contribution is 5.93. The number of carbonyl (C=O) groups is 2. The van der Waals surface area contributed by atoms with Crippen LogP contribution in [0.1, 0.15) is 56.4 Å². The van der Waals surface area contributed by atoms with Gasteiger partial charge in [0.2, 0.25) is 0 Å². The lowest BCUT2D eigenvalue weighted by atomic mass is 10.2. The van der Waals surface area contributed by atoms with Gasteiger partial charge in [-0.3, -0.25) is 10.9 Å². The first-order valence-electron chi connectivity index (χ1n) is 18.3. The predicted octanol–water partition coefficient (Wildman–Crippen LogP) is 8.39. The van der Waals surface area contributed by atoms with Crippen molar-refractivity contribution >= 4 is 90.4 Å². The molecule has 4 aromatic heterocycles. The SMILES string of the molecule is C.C.C/C=N/Nc1nncc2ccccc12.CC(C)=NNc1nncc2ccccc12.CC(C)=O.CC=O.NNc1nncc2ccccc12.NNc1nncc2ccccc12. The maximum atomic E-state index is 9.44. The maximum absolute atomic E-state index is 9.44. The number of nitrogens with two attached hydrogens (primary N) is 2. The van der Waals surface area contributed by atoms with Crippen molar-refractivity contribution in [1.82, 2.24) is 40.8 Å². The molecule has 324 valence electrons. The van der Waals surface area contributed by atoms with Gasteiger partial charge in [-0.05, 0) is 41.5 Å². The first-order chi connectivity index (χ1) is 29.2. The minimum atomic E-state index is 0. The number of hydrazone groups is 2. The van der Waals surface area contributed by atoms with E-state index in [1.54, 1.807) is 31.0 Å². The summed E-state index contributed by atoms with van der Waals surface area (Å²) in [6, 6.07) is 31.4. The Bertz CT molecular complexity index is 2510. The van der Waals surface area contributed by atoms with E-state index in [-0.39, 0.29) is 20.6 Å². The molecular formula is C44H56N16O2. The number of aldehydes is 1. The number of aromatic nitrogens is 8. The summed E-state index contributed by atoms with van der Waals surface area (Å²) >= 11 is 0. The number of hydrazine groups is 2. The number of hydrogen-bond acceptors (Lipinski definition) is 18. The molecule has 0 atom stereocenters. The minimum absolute atomic E-state index is 0. The molecule has 0 fully saturated rings. The molecule has 4 aromatic carbocycles. The van der Waals surface area contributed by atoms with Crippen molar-refractivity contribution in [2.75, 3.05) is 21.7 Å². The zero-order valence-corrected chi connectivity index (χ0v) is 34.1. The zero-order chi connectivity index (χ0) is 43.5. The summed E-state index contributed by atoms with van der Waals surface area (Å²) in [6.07, 6.45) is 9.30. The molecule has 0 spiro atoms. The molecule has 0 bridgehead atoms. The van der Waals surface area contributed by atoms with Crippen molar-refractivity contribution in [2.24, 2.45) is 21.9 Å². The summed E-state index contributed by atoms with van der Waals surface area (Å²) in [5.41, 5.74) is 11.7. The molecule has 0 unspecified atom stereocenters. The highest BCUT2D eigenvalue weighted by Gasteiger charge is 2.02. The van der Waals surface area contributed by atoms with Gasteiger partial charge in [0.05, 0.1) is 24.8 Å². The van der Waals surface area contributed by atoms with Crippen LogP contribution in [0.3, 0.4) is 0 Å². The van der Waals surface area contributed by atoms with Crippen molar-refractivity contribution in [2.45, 2.75) is 56.4 Å². The molecular weight excluding hydrogens is 785 g/mol. The Hall–Kier alpha value is -7.96. The predicted molar refractivity (Wildman–Crippen MR) is 256 cm³/mol. The van der Waals surface area contributed by atoms with E-state index in [0.29, 0.717) is 23.3 Å². The van der Waals surface area contributed by atoms with Gasteiger partial charge in [-0.15, -0.1) is 20.4 Å². The molecule has 0 amide bonds. The third-order valence-electron chi connectivity index (χ3n) is 7.24. The fourth-order valence-electron chi connectivity index (χ4n) is 4.78. The van der Waals surface area contributed by atoms with E-state index in [0.717, 1.165) is 55.1 Å². The van der Waals surface area contributed by atoms with Crippen molar-refractivity contribution < 1.29 is 9.59 Å². The molecule has 0 aliphatic carbocycles. The Kier molecular flexibility index (Phi) is 24.6. The molecule has 0 saturated heterocycles. The van der Waals surface area contributed by atoms with E-state index in [1.807, 2.05) is 118 Å². The molecule has 4 heterocycles. The van der Waals surface area contributed by atoms with E-state index in [4.69, 9.17) is 16.5 Å². The summed E-state index contributed by atoms with van der Waals surface area (Å²) in [5.74, 6) is 13.3. The molecule has 8 rings (SSSR count). The Morgan fingerprint density at radius 1 is 0.516 bits per heavy atom. The van der Waals surface area contributed by atoms with Gasteiger partial charge < -0.3 is 20.4 Å². The standard InChI is InChI=1S/C11H12N4.C10H10N4.2C8H8N4.C3H6O.C2H4O.2CH4/c1-8(2)13-15-11-10-6-4-3-5-9(10)7-12-14-11;1-2-11-13-10-9-6-4-3-5-8(9)7-12-14-10;2*9-11-8-7-4-2-1-3-6(7)5-10-12-8;1-3(2)4;1-2-3;;/h3-7H,1-2H3,(H,14,15);2-7H,1H3,(H,13,14);2*1-5H,9H2,(H,11,12);1-2H3;2H,1H3;2*1H4/b;11-2+;;;;;;. The lowest BCUT2D eigenvalue weighted by Gasteiger charge is -2.03. The zero-order valence-electron chi connectivity index (χ0n) is 34.1. The highest BCUT2D eigenvalue weighted by atomic mass is 16.1. The van der Waals surface area contributed by atoms with Gasteiger partial charge in [0, 0.05) is 55.0 Å². The van der Waals surface area contributed by atoms with E-state index in [2.05, 4.69) is 72.7 Å². The minimum Gasteiger partial charge on any atom is -0.306 e. The molecule has 0 aliphatic heterocycles. The van der Waals surface area contributed by atoms with Gasteiger partial charge in [-0.25, -0.2) is 11.7 Å². The summed E-state index contributed by atoms with van der Waals surface area (Å²) in [7, 11) is 0. The van der Waals surface area contributed by atoms with E-state index >= 15 is 0 Å². The molecule has 0 radical (unpaired) electrons. The summed E-state index contributed by atoms with van der Waals surface area (Å²) in [4.78, 5) is 18.2. The quantitative estimate of drug-likeness (QED) is 0.0397. The number of benzene rings is 4. The third-order valence-corrected chi connectivity index (χ3v) is 7.24. The van der Waals surface area contributed by atoms with Crippen LogP contribution in [-0.4, -0.2) is 64.8 Å². The van der Waals surface area contributed by atoms with Crippen molar-refractivity contribution in [3.05, 3.63) is 122 Å². The van der Waals surface area contributed by atoms with Crippen LogP contribution in [0.5, 0.6) is 0 Å².